The van der Waals surface area contributed by atoms with Crippen LogP contribution in [0.5, 0.6) is 11.5 Å². The van der Waals surface area contributed by atoms with Crippen LogP contribution < -0.4 is 14.3 Å². The van der Waals surface area contributed by atoms with Gasteiger partial charge in [0, 0.05) is 18.2 Å². The van der Waals surface area contributed by atoms with E-state index < -0.39 is 0 Å². The standard InChI is InChI=1S/C20H14N2O3S/c1-2-10-22-15-11-16-17(25-13-24-16)12-18(15)26-20(22)21-19(23)9-8-14-6-4-3-5-7-14/h1,3-9,11-12H,10,13H2/b9-8+,21-20?. The number of hydrogen-bond acceptors (Lipinski definition) is 4. The van der Waals surface area contributed by atoms with Crippen molar-refractivity contribution in [1.82, 2.24) is 4.57 Å². The summed E-state index contributed by atoms with van der Waals surface area (Å²) in [6.07, 6.45) is 8.68. The molecule has 0 spiro atoms. The second-order valence-electron chi connectivity index (χ2n) is 5.54. The topological polar surface area (TPSA) is 52.8 Å². The van der Waals surface area contributed by atoms with Crippen LogP contribution in [0.4, 0.5) is 0 Å². The minimum absolute atomic E-state index is 0.210. The predicted octanol–water partition coefficient (Wildman–Crippen LogP) is 3.21. The van der Waals surface area contributed by atoms with E-state index in [-0.39, 0.29) is 12.7 Å². The van der Waals surface area contributed by atoms with Crippen LogP contribution in [0.15, 0.2) is 53.5 Å². The molecular weight excluding hydrogens is 348 g/mol. The predicted molar refractivity (Wildman–Crippen MR) is 101 cm³/mol. The maximum atomic E-state index is 12.3. The summed E-state index contributed by atoms with van der Waals surface area (Å²) in [6, 6.07) is 13.4. The van der Waals surface area contributed by atoms with Crippen LogP contribution >= 0.6 is 11.3 Å². The van der Waals surface area contributed by atoms with Gasteiger partial charge in [-0.1, -0.05) is 47.6 Å². The zero-order valence-corrected chi connectivity index (χ0v) is 14.5. The van der Waals surface area contributed by atoms with Gasteiger partial charge in [0.05, 0.1) is 16.8 Å². The number of carbonyl (C=O) groups is 1. The van der Waals surface area contributed by atoms with Crippen LogP contribution in [0.1, 0.15) is 5.56 Å². The number of terminal acetylenes is 1. The van der Waals surface area contributed by atoms with E-state index in [1.807, 2.05) is 47.0 Å². The molecule has 0 radical (unpaired) electrons. The van der Waals surface area contributed by atoms with Crippen LogP contribution in [-0.4, -0.2) is 17.3 Å². The summed E-state index contributed by atoms with van der Waals surface area (Å²) < 4.78 is 13.6. The van der Waals surface area contributed by atoms with Crippen LogP contribution in [0.2, 0.25) is 0 Å². The van der Waals surface area contributed by atoms with E-state index >= 15 is 0 Å². The fraction of sp³-hybridized carbons (Fsp3) is 0.100. The molecule has 26 heavy (non-hydrogen) atoms. The zero-order chi connectivity index (χ0) is 17.9. The maximum Gasteiger partial charge on any atom is 0.272 e. The quantitative estimate of drug-likeness (QED) is 0.531. The number of hydrogen-bond donors (Lipinski definition) is 0. The number of rotatable bonds is 3. The number of thiazole rings is 1. The number of nitrogens with zero attached hydrogens (tertiary/aromatic N) is 2. The first-order chi connectivity index (χ1) is 12.7. The largest absolute Gasteiger partial charge is 0.454 e. The molecule has 0 atom stereocenters. The second kappa shape index (κ2) is 6.90. The molecule has 4 rings (SSSR count). The summed E-state index contributed by atoms with van der Waals surface area (Å²) >= 11 is 1.39. The molecule has 1 aliphatic rings. The van der Waals surface area contributed by atoms with Gasteiger partial charge in [-0.25, -0.2) is 0 Å². The fourth-order valence-electron chi connectivity index (χ4n) is 2.65. The average Bonchev–Trinajstić information content (AvgIpc) is 3.24. The Kier molecular flexibility index (Phi) is 4.30. The van der Waals surface area contributed by atoms with Crippen molar-refractivity contribution in [1.29, 1.82) is 0 Å². The number of fused-ring (bicyclic) bond motifs is 2. The second-order valence-corrected chi connectivity index (χ2v) is 6.55. The van der Waals surface area contributed by atoms with E-state index in [9.17, 15) is 4.79 Å². The first kappa shape index (κ1) is 16.2. The normalized spacial score (nSPS) is 13.4. The van der Waals surface area contributed by atoms with E-state index in [2.05, 4.69) is 10.9 Å². The number of ether oxygens (including phenoxy) is 2. The Labute approximate surface area is 153 Å². The molecule has 5 nitrogen and oxygen atoms in total. The zero-order valence-electron chi connectivity index (χ0n) is 13.7. The monoisotopic (exact) mass is 362 g/mol. The van der Waals surface area contributed by atoms with E-state index in [1.54, 1.807) is 6.08 Å². The SMILES string of the molecule is C#CCn1c(=NC(=O)/C=C/c2ccccc2)sc2cc3c(cc21)OCO3. The van der Waals surface area contributed by atoms with Gasteiger partial charge in [0.15, 0.2) is 16.3 Å². The fourth-order valence-corrected chi connectivity index (χ4v) is 3.70. The lowest BCUT2D eigenvalue weighted by Gasteiger charge is -2.01. The molecule has 0 bridgehead atoms. The van der Waals surface area contributed by atoms with Crippen molar-refractivity contribution in [2.24, 2.45) is 4.99 Å². The Morgan fingerprint density at radius 3 is 2.81 bits per heavy atom. The van der Waals surface area contributed by atoms with Crippen molar-refractivity contribution < 1.29 is 14.3 Å². The smallest absolute Gasteiger partial charge is 0.272 e. The third kappa shape index (κ3) is 3.13. The molecule has 0 aliphatic carbocycles. The molecule has 0 saturated heterocycles. The number of benzene rings is 2. The molecule has 1 amide bonds. The highest BCUT2D eigenvalue weighted by Gasteiger charge is 2.17. The molecule has 6 heteroatoms. The lowest BCUT2D eigenvalue weighted by molar-refractivity contribution is -0.113. The van der Waals surface area contributed by atoms with Gasteiger partial charge < -0.3 is 14.0 Å². The molecule has 0 N–H and O–H groups in total. The van der Waals surface area contributed by atoms with Gasteiger partial charge in [0.25, 0.3) is 5.91 Å². The third-order valence-corrected chi connectivity index (χ3v) is 4.89. The van der Waals surface area contributed by atoms with Crippen molar-refractivity contribution in [3.8, 4) is 23.8 Å². The summed E-state index contributed by atoms with van der Waals surface area (Å²) in [6.45, 7) is 0.524. The highest BCUT2D eigenvalue weighted by molar-refractivity contribution is 7.16. The maximum absolute atomic E-state index is 12.3. The van der Waals surface area contributed by atoms with Gasteiger partial charge >= 0.3 is 0 Å². The molecule has 2 aromatic carbocycles. The van der Waals surface area contributed by atoms with E-state index in [1.165, 1.54) is 17.4 Å². The van der Waals surface area contributed by atoms with Crippen molar-refractivity contribution in [3.63, 3.8) is 0 Å². The van der Waals surface area contributed by atoms with Crippen molar-refractivity contribution >= 4 is 33.5 Å². The Morgan fingerprint density at radius 2 is 2.04 bits per heavy atom. The average molecular weight is 362 g/mol. The van der Waals surface area contributed by atoms with Gasteiger partial charge in [-0.05, 0) is 11.6 Å². The van der Waals surface area contributed by atoms with E-state index in [0.29, 0.717) is 22.8 Å². The van der Waals surface area contributed by atoms with Gasteiger partial charge in [-0.3, -0.25) is 4.79 Å². The molecule has 1 aromatic heterocycles. The lowest BCUT2D eigenvalue weighted by Crippen LogP contribution is -2.15. The Balaban J connectivity index is 1.74. The Morgan fingerprint density at radius 1 is 1.27 bits per heavy atom. The molecule has 1 aliphatic heterocycles. The first-order valence-corrected chi connectivity index (χ1v) is 8.74. The van der Waals surface area contributed by atoms with Crippen molar-refractivity contribution in [2.45, 2.75) is 6.54 Å². The van der Waals surface area contributed by atoms with E-state index in [0.717, 1.165) is 15.8 Å². The van der Waals surface area contributed by atoms with Crippen LogP contribution in [0.25, 0.3) is 16.3 Å². The van der Waals surface area contributed by atoms with Crippen LogP contribution in [-0.2, 0) is 11.3 Å². The highest BCUT2D eigenvalue weighted by atomic mass is 32.1. The molecule has 128 valence electrons. The van der Waals surface area contributed by atoms with Crippen LogP contribution in [0, 0.1) is 12.3 Å². The number of amides is 1. The molecule has 2 heterocycles. The lowest BCUT2D eigenvalue weighted by atomic mass is 10.2. The number of carbonyl (C=O) groups excluding carboxylic acids is 1. The molecular formula is C20H14N2O3S. The first-order valence-electron chi connectivity index (χ1n) is 7.93. The van der Waals surface area contributed by atoms with Gasteiger partial charge in [0.2, 0.25) is 6.79 Å². The van der Waals surface area contributed by atoms with E-state index in [4.69, 9.17) is 15.9 Å². The summed E-state index contributed by atoms with van der Waals surface area (Å²) in [5.41, 5.74) is 1.81. The van der Waals surface area contributed by atoms with Gasteiger partial charge in [0.1, 0.15) is 0 Å². The Hall–Kier alpha value is -3.30. The minimum Gasteiger partial charge on any atom is -0.454 e. The van der Waals surface area contributed by atoms with Crippen LogP contribution in [0.3, 0.4) is 0 Å². The molecule has 0 unspecified atom stereocenters. The summed E-state index contributed by atoms with van der Waals surface area (Å²) in [4.78, 5) is 17.0. The third-order valence-electron chi connectivity index (χ3n) is 3.85. The summed E-state index contributed by atoms with van der Waals surface area (Å²) in [5, 5.41) is 0. The molecule has 0 saturated carbocycles. The molecule has 0 fully saturated rings. The van der Waals surface area contributed by atoms with Crippen molar-refractivity contribution in [3.05, 3.63) is 58.9 Å². The highest BCUT2D eigenvalue weighted by Crippen LogP contribution is 2.36. The van der Waals surface area contributed by atoms with Gasteiger partial charge in [-0.2, -0.15) is 4.99 Å². The van der Waals surface area contributed by atoms with Crippen molar-refractivity contribution in [2.75, 3.05) is 6.79 Å². The Bertz CT molecular complexity index is 1120. The summed E-state index contributed by atoms with van der Waals surface area (Å²) in [5.74, 6) is 3.63. The number of aromatic nitrogens is 1. The molecule has 3 aromatic rings. The van der Waals surface area contributed by atoms with Gasteiger partial charge in [-0.15, -0.1) is 6.42 Å². The minimum atomic E-state index is -0.341. The summed E-state index contributed by atoms with van der Waals surface area (Å²) in [7, 11) is 0.